The van der Waals surface area contributed by atoms with E-state index in [1.165, 1.54) is 0 Å². The minimum absolute atomic E-state index is 0.222. The molecule has 2 rings (SSSR count). The molecule has 0 aliphatic heterocycles. The van der Waals surface area contributed by atoms with E-state index in [9.17, 15) is 4.79 Å². The maximum Gasteiger partial charge on any atom is 0.307 e. The molecule has 1 aromatic rings. The van der Waals surface area contributed by atoms with Gasteiger partial charge in [-0.3, -0.25) is 4.79 Å². The first-order valence-electron chi connectivity index (χ1n) is 6.19. The van der Waals surface area contributed by atoms with E-state index >= 15 is 0 Å². The lowest BCUT2D eigenvalue weighted by Gasteiger charge is -2.37. The number of carbonyl (C=O) groups is 1. The highest BCUT2D eigenvalue weighted by molar-refractivity contribution is 5.71. The van der Waals surface area contributed by atoms with Gasteiger partial charge in [-0.25, -0.2) is 0 Å². The summed E-state index contributed by atoms with van der Waals surface area (Å²) in [5.41, 5.74) is 6.60. The van der Waals surface area contributed by atoms with Crippen LogP contribution in [-0.4, -0.2) is 18.6 Å². The maximum atomic E-state index is 11.6. The number of esters is 1. The van der Waals surface area contributed by atoms with Crippen molar-refractivity contribution in [2.75, 3.05) is 7.11 Å². The molecular weight excluding hydrogens is 230 g/mol. The molecule has 0 heterocycles. The Labute approximate surface area is 107 Å². The van der Waals surface area contributed by atoms with E-state index in [0.717, 1.165) is 30.6 Å². The van der Waals surface area contributed by atoms with Crippen LogP contribution in [0.3, 0.4) is 0 Å². The highest BCUT2D eigenvalue weighted by atomic mass is 16.5. The van der Waals surface area contributed by atoms with Crippen LogP contribution in [0, 0.1) is 0 Å². The monoisotopic (exact) mass is 249 g/mol. The van der Waals surface area contributed by atoms with Gasteiger partial charge in [0.05, 0.1) is 13.5 Å². The van der Waals surface area contributed by atoms with E-state index in [-0.39, 0.29) is 18.1 Å². The second-order valence-corrected chi connectivity index (χ2v) is 4.90. The van der Waals surface area contributed by atoms with Crippen molar-refractivity contribution in [2.45, 2.75) is 37.8 Å². The Kier molecular flexibility index (Phi) is 3.87. The van der Waals surface area contributed by atoms with Gasteiger partial charge in [-0.2, -0.15) is 0 Å². The van der Waals surface area contributed by atoms with Crippen LogP contribution in [-0.2, 0) is 16.1 Å². The van der Waals surface area contributed by atoms with E-state index in [1.54, 1.807) is 7.11 Å². The molecule has 0 saturated heterocycles. The normalized spacial score (nSPS) is 16.8. The SMILES string of the molecule is COc1cccc(COC(=O)CC2(N)CCC2)c1. The highest BCUT2D eigenvalue weighted by Crippen LogP contribution is 2.32. The van der Waals surface area contributed by atoms with Crippen molar-refractivity contribution in [1.82, 2.24) is 0 Å². The van der Waals surface area contributed by atoms with Gasteiger partial charge in [0.2, 0.25) is 0 Å². The standard InChI is InChI=1S/C14H19NO3/c1-17-12-5-2-4-11(8-12)10-18-13(16)9-14(15)6-3-7-14/h2,4-5,8H,3,6-7,9-10,15H2,1H3. The predicted molar refractivity (Wildman–Crippen MR) is 68.2 cm³/mol. The number of hydrogen-bond acceptors (Lipinski definition) is 4. The number of hydrogen-bond donors (Lipinski definition) is 1. The highest BCUT2D eigenvalue weighted by Gasteiger charge is 2.35. The lowest BCUT2D eigenvalue weighted by Crippen LogP contribution is -2.48. The first-order valence-corrected chi connectivity index (χ1v) is 6.19. The number of methoxy groups -OCH3 is 1. The minimum Gasteiger partial charge on any atom is -0.497 e. The topological polar surface area (TPSA) is 61.5 Å². The first kappa shape index (κ1) is 12.9. The van der Waals surface area contributed by atoms with Crippen LogP contribution in [0.5, 0.6) is 5.75 Å². The fourth-order valence-electron chi connectivity index (χ4n) is 2.07. The second kappa shape index (κ2) is 5.40. The number of nitrogens with two attached hydrogens (primary N) is 1. The summed E-state index contributed by atoms with van der Waals surface area (Å²) in [4.78, 5) is 11.6. The maximum absolute atomic E-state index is 11.6. The Morgan fingerprint density at radius 1 is 1.44 bits per heavy atom. The van der Waals surface area contributed by atoms with Gasteiger partial charge in [-0.1, -0.05) is 12.1 Å². The molecule has 0 bridgehead atoms. The Morgan fingerprint density at radius 3 is 2.83 bits per heavy atom. The zero-order valence-corrected chi connectivity index (χ0v) is 10.6. The summed E-state index contributed by atoms with van der Waals surface area (Å²) < 4.78 is 10.3. The summed E-state index contributed by atoms with van der Waals surface area (Å²) >= 11 is 0. The van der Waals surface area contributed by atoms with Gasteiger partial charge in [0.15, 0.2) is 0 Å². The Bertz CT molecular complexity index is 427. The molecule has 18 heavy (non-hydrogen) atoms. The molecule has 1 aromatic carbocycles. The molecule has 0 amide bonds. The van der Waals surface area contributed by atoms with Crippen molar-refractivity contribution in [3.63, 3.8) is 0 Å². The van der Waals surface area contributed by atoms with Gasteiger partial charge in [-0.15, -0.1) is 0 Å². The van der Waals surface area contributed by atoms with Crippen molar-refractivity contribution < 1.29 is 14.3 Å². The van der Waals surface area contributed by atoms with Crippen LogP contribution in [0.15, 0.2) is 24.3 Å². The molecule has 0 unspecified atom stereocenters. The van der Waals surface area contributed by atoms with Gasteiger partial charge in [0, 0.05) is 5.54 Å². The third kappa shape index (κ3) is 3.23. The van der Waals surface area contributed by atoms with Crippen LogP contribution in [0.1, 0.15) is 31.2 Å². The molecule has 4 nitrogen and oxygen atoms in total. The summed E-state index contributed by atoms with van der Waals surface area (Å²) in [6, 6.07) is 7.49. The molecule has 0 atom stereocenters. The second-order valence-electron chi connectivity index (χ2n) is 4.90. The average Bonchev–Trinajstić information content (AvgIpc) is 2.35. The Hall–Kier alpha value is -1.55. The smallest absolute Gasteiger partial charge is 0.307 e. The van der Waals surface area contributed by atoms with Gasteiger partial charge < -0.3 is 15.2 Å². The summed E-state index contributed by atoms with van der Waals surface area (Å²) in [6.07, 6.45) is 3.26. The number of rotatable bonds is 5. The summed E-state index contributed by atoms with van der Waals surface area (Å²) in [7, 11) is 1.61. The van der Waals surface area contributed by atoms with Crippen molar-refractivity contribution in [3.8, 4) is 5.75 Å². The molecule has 1 fully saturated rings. The van der Waals surface area contributed by atoms with Crippen LogP contribution in [0.25, 0.3) is 0 Å². The number of ether oxygens (including phenoxy) is 2. The number of benzene rings is 1. The zero-order valence-electron chi connectivity index (χ0n) is 10.6. The van der Waals surface area contributed by atoms with Gasteiger partial charge in [-0.05, 0) is 37.0 Å². The van der Waals surface area contributed by atoms with Crippen molar-refractivity contribution >= 4 is 5.97 Å². The molecule has 98 valence electrons. The molecule has 4 heteroatoms. The molecular formula is C14H19NO3. The molecule has 0 radical (unpaired) electrons. The van der Waals surface area contributed by atoms with Crippen LogP contribution >= 0.6 is 0 Å². The largest absolute Gasteiger partial charge is 0.497 e. The summed E-state index contributed by atoms with van der Waals surface area (Å²) in [5.74, 6) is 0.540. The molecule has 2 N–H and O–H groups in total. The third-order valence-corrected chi connectivity index (χ3v) is 3.38. The molecule has 0 aromatic heterocycles. The molecule has 1 aliphatic carbocycles. The molecule has 1 saturated carbocycles. The zero-order chi connectivity index (χ0) is 13.0. The summed E-state index contributed by atoms with van der Waals surface area (Å²) in [6.45, 7) is 0.270. The van der Waals surface area contributed by atoms with Crippen LogP contribution in [0.4, 0.5) is 0 Å². The van der Waals surface area contributed by atoms with Gasteiger partial charge >= 0.3 is 5.97 Å². The third-order valence-electron chi connectivity index (χ3n) is 3.38. The Morgan fingerprint density at radius 2 is 2.22 bits per heavy atom. The molecule has 1 aliphatic rings. The van der Waals surface area contributed by atoms with Crippen molar-refractivity contribution in [1.29, 1.82) is 0 Å². The summed E-state index contributed by atoms with van der Waals surface area (Å²) in [5, 5.41) is 0. The lowest BCUT2D eigenvalue weighted by atomic mass is 9.75. The van der Waals surface area contributed by atoms with Crippen molar-refractivity contribution in [2.24, 2.45) is 5.73 Å². The van der Waals surface area contributed by atoms with Gasteiger partial charge in [0.25, 0.3) is 0 Å². The van der Waals surface area contributed by atoms with Crippen LogP contribution in [0.2, 0.25) is 0 Å². The van der Waals surface area contributed by atoms with E-state index in [1.807, 2.05) is 24.3 Å². The quantitative estimate of drug-likeness (QED) is 0.811. The van der Waals surface area contributed by atoms with E-state index in [2.05, 4.69) is 0 Å². The fourth-order valence-corrected chi connectivity index (χ4v) is 2.07. The Balaban J connectivity index is 1.81. The minimum atomic E-state index is -0.314. The van der Waals surface area contributed by atoms with Crippen molar-refractivity contribution in [3.05, 3.63) is 29.8 Å². The van der Waals surface area contributed by atoms with E-state index in [0.29, 0.717) is 6.42 Å². The average molecular weight is 249 g/mol. The van der Waals surface area contributed by atoms with Crippen LogP contribution < -0.4 is 10.5 Å². The molecule has 0 spiro atoms. The number of carbonyl (C=O) groups excluding carboxylic acids is 1. The van der Waals surface area contributed by atoms with E-state index in [4.69, 9.17) is 15.2 Å². The fraction of sp³-hybridized carbons (Fsp3) is 0.500. The predicted octanol–water partition coefficient (Wildman–Crippen LogP) is 2.01. The van der Waals surface area contributed by atoms with E-state index < -0.39 is 0 Å². The van der Waals surface area contributed by atoms with Gasteiger partial charge in [0.1, 0.15) is 12.4 Å². The lowest BCUT2D eigenvalue weighted by molar-refractivity contribution is -0.147. The first-order chi connectivity index (χ1) is 8.61.